The topological polar surface area (TPSA) is 138 Å². The molecule has 10 nitrogen and oxygen atoms in total. The lowest BCUT2D eigenvalue weighted by atomic mass is 10.0. The fourth-order valence-corrected chi connectivity index (χ4v) is 7.10. The van der Waals surface area contributed by atoms with Gasteiger partial charge in [-0.2, -0.15) is 0 Å². The average molecular weight is 653 g/mol. The highest BCUT2D eigenvalue weighted by molar-refractivity contribution is 5.82. The molecule has 0 aliphatic carbocycles. The summed E-state index contributed by atoms with van der Waals surface area (Å²) < 4.78 is 0. The Bertz CT molecular complexity index is 1600. The number of likely N-dealkylation sites (tertiary alicyclic amines) is 2. The van der Waals surface area contributed by atoms with Gasteiger partial charge in [-0.25, -0.2) is 9.97 Å². The Morgan fingerprint density at radius 3 is 1.29 bits per heavy atom. The number of carbonyl (C=O) groups excluding carboxylic acids is 2. The fraction of sp³-hybridized carbons (Fsp3) is 0.474. The molecular formula is C38H48N6O4. The summed E-state index contributed by atoms with van der Waals surface area (Å²) in [6.07, 6.45) is 5.08. The zero-order chi connectivity index (χ0) is 34.3. The summed E-state index contributed by atoms with van der Waals surface area (Å²) >= 11 is 0. The first-order chi connectivity index (χ1) is 22.9. The minimum absolute atomic E-state index is 0.0481. The van der Waals surface area contributed by atoms with Gasteiger partial charge >= 0.3 is 0 Å². The number of nitrogens with zero attached hydrogens (tertiary/aromatic N) is 4. The lowest BCUT2D eigenvalue weighted by molar-refractivity contribution is -0.146. The predicted octanol–water partition coefficient (Wildman–Crippen LogP) is 6.27. The molecule has 0 bridgehead atoms. The minimum Gasteiger partial charge on any atom is -0.383 e. The quantitative estimate of drug-likeness (QED) is 0.168. The molecule has 254 valence electrons. The highest BCUT2D eigenvalue weighted by atomic mass is 16.3. The van der Waals surface area contributed by atoms with Crippen molar-refractivity contribution in [2.24, 2.45) is 11.8 Å². The third kappa shape index (κ3) is 6.43. The molecule has 2 fully saturated rings. The third-order valence-corrected chi connectivity index (χ3v) is 10.1. The first-order valence-corrected chi connectivity index (χ1v) is 17.3. The molecular weight excluding hydrogens is 604 g/mol. The van der Waals surface area contributed by atoms with Crippen LogP contribution >= 0.6 is 0 Å². The van der Waals surface area contributed by atoms with E-state index in [1.165, 1.54) is 0 Å². The maximum Gasteiger partial charge on any atom is 0.252 e. The van der Waals surface area contributed by atoms with Crippen molar-refractivity contribution in [1.82, 2.24) is 29.7 Å². The van der Waals surface area contributed by atoms with Crippen LogP contribution in [-0.4, -0.2) is 76.1 Å². The zero-order valence-electron chi connectivity index (χ0n) is 28.7. The largest absolute Gasteiger partial charge is 0.383 e. The van der Waals surface area contributed by atoms with Gasteiger partial charge in [-0.3, -0.25) is 9.59 Å². The molecule has 48 heavy (non-hydrogen) atoms. The second-order valence-electron chi connectivity index (χ2n) is 14.2. The Hall–Kier alpha value is -4.28. The van der Waals surface area contributed by atoms with Crippen molar-refractivity contribution in [3.63, 3.8) is 0 Å². The fourth-order valence-electron chi connectivity index (χ4n) is 7.10. The summed E-state index contributed by atoms with van der Waals surface area (Å²) in [5, 5.41) is 20.9. The van der Waals surface area contributed by atoms with Crippen molar-refractivity contribution in [2.45, 2.75) is 104 Å². The summed E-state index contributed by atoms with van der Waals surface area (Å²) in [5.41, 5.74) is 5.73. The molecule has 2 aromatic heterocycles. The van der Waals surface area contributed by atoms with Gasteiger partial charge in [-0.15, -0.1) is 0 Å². The third-order valence-electron chi connectivity index (χ3n) is 10.1. The van der Waals surface area contributed by atoms with Crippen molar-refractivity contribution < 1.29 is 19.8 Å². The van der Waals surface area contributed by atoms with E-state index in [1.54, 1.807) is 9.80 Å². The molecule has 2 aromatic carbocycles. The molecule has 2 aliphatic heterocycles. The average Bonchev–Trinajstić information content (AvgIpc) is 3.90. The molecule has 4 aromatic rings. The van der Waals surface area contributed by atoms with E-state index in [2.05, 4.69) is 58.5 Å². The van der Waals surface area contributed by atoms with Gasteiger partial charge in [0, 0.05) is 35.6 Å². The van der Waals surface area contributed by atoms with Gasteiger partial charge in [0.1, 0.15) is 23.9 Å². The Labute approximate surface area is 282 Å². The molecule has 0 unspecified atom stereocenters. The molecule has 4 heterocycles. The van der Waals surface area contributed by atoms with E-state index in [9.17, 15) is 19.8 Å². The van der Waals surface area contributed by atoms with E-state index >= 15 is 0 Å². The Balaban J connectivity index is 1.13. The molecule has 6 atom stereocenters. The Kier molecular flexibility index (Phi) is 9.58. The molecule has 10 heteroatoms. The molecule has 2 amide bonds. The van der Waals surface area contributed by atoms with Gasteiger partial charge in [-0.1, -0.05) is 76.2 Å². The van der Waals surface area contributed by atoms with Crippen molar-refractivity contribution in [3.05, 3.63) is 72.6 Å². The summed E-state index contributed by atoms with van der Waals surface area (Å²) in [7, 11) is 0. The van der Waals surface area contributed by atoms with Gasteiger partial charge in [0.05, 0.1) is 23.5 Å². The van der Waals surface area contributed by atoms with Gasteiger partial charge in [0.15, 0.2) is 0 Å². The number of H-pyrrole nitrogens is 2. The second-order valence-corrected chi connectivity index (χ2v) is 14.2. The molecule has 4 N–H and O–H groups in total. The van der Waals surface area contributed by atoms with E-state index in [-0.39, 0.29) is 47.8 Å². The van der Waals surface area contributed by atoms with E-state index in [4.69, 9.17) is 9.97 Å². The Morgan fingerprint density at radius 2 is 0.958 bits per heavy atom. The number of hydrogen-bond acceptors (Lipinski definition) is 6. The van der Waals surface area contributed by atoms with Crippen LogP contribution in [-0.2, 0) is 9.59 Å². The zero-order valence-corrected chi connectivity index (χ0v) is 28.7. The van der Waals surface area contributed by atoms with E-state index in [0.29, 0.717) is 0 Å². The van der Waals surface area contributed by atoms with Crippen LogP contribution in [0.1, 0.15) is 91.0 Å². The van der Waals surface area contributed by atoms with E-state index in [0.717, 1.165) is 71.0 Å². The van der Waals surface area contributed by atoms with Gasteiger partial charge in [0.25, 0.3) is 11.8 Å². The predicted molar refractivity (Wildman–Crippen MR) is 185 cm³/mol. The first-order valence-electron chi connectivity index (χ1n) is 17.3. The van der Waals surface area contributed by atoms with Crippen molar-refractivity contribution in [3.8, 4) is 33.6 Å². The number of imidazole rings is 2. The SMILES string of the molecule is CC(C)[C@@H](O)C(=O)N1[C@@H](C)CC[C@H]1c1nc(-c2ccc(-c3ccc(-c4c[nH]c([C@@H]5CC[C@H](C)N5C(=O)[C@H](O)C(C)C)n4)cc3)cc2)c[nH]1. The number of aromatic amines is 2. The number of benzene rings is 2. The number of aliphatic hydroxyl groups excluding tert-OH is 2. The molecule has 2 aliphatic rings. The number of aliphatic hydroxyl groups is 2. The summed E-state index contributed by atoms with van der Waals surface area (Å²) in [4.78, 5) is 46.1. The molecule has 0 saturated carbocycles. The number of rotatable bonds is 9. The maximum atomic E-state index is 13.1. The Morgan fingerprint density at radius 1 is 0.625 bits per heavy atom. The molecule has 2 saturated heterocycles. The minimum atomic E-state index is -1.02. The van der Waals surface area contributed by atoms with Crippen LogP contribution < -0.4 is 0 Å². The number of hydrogen-bond donors (Lipinski definition) is 4. The number of nitrogens with one attached hydrogen (secondary N) is 2. The van der Waals surface area contributed by atoms with Crippen molar-refractivity contribution in [2.75, 3.05) is 0 Å². The molecule has 0 spiro atoms. The van der Waals surface area contributed by atoms with Gasteiger partial charge in [0.2, 0.25) is 0 Å². The van der Waals surface area contributed by atoms with Crippen molar-refractivity contribution >= 4 is 11.8 Å². The highest BCUT2D eigenvalue weighted by Crippen LogP contribution is 2.38. The first kappa shape index (κ1) is 33.6. The van der Waals surface area contributed by atoms with Crippen LogP contribution in [0.2, 0.25) is 0 Å². The van der Waals surface area contributed by atoms with Crippen LogP contribution in [0.4, 0.5) is 0 Å². The molecule has 0 radical (unpaired) electrons. The van der Waals surface area contributed by atoms with E-state index < -0.39 is 12.2 Å². The van der Waals surface area contributed by atoms with Gasteiger partial charge in [-0.05, 0) is 62.5 Å². The monoisotopic (exact) mass is 652 g/mol. The number of aromatic nitrogens is 4. The summed E-state index contributed by atoms with van der Waals surface area (Å²) in [5.74, 6) is 0.736. The molecule has 6 rings (SSSR count). The highest BCUT2D eigenvalue weighted by Gasteiger charge is 2.41. The van der Waals surface area contributed by atoms with E-state index in [1.807, 2.05) is 53.9 Å². The van der Waals surface area contributed by atoms with Crippen LogP contribution in [0, 0.1) is 11.8 Å². The smallest absolute Gasteiger partial charge is 0.252 e. The number of amides is 2. The van der Waals surface area contributed by atoms with Crippen LogP contribution in [0.3, 0.4) is 0 Å². The summed E-state index contributed by atoms with van der Waals surface area (Å²) in [6.45, 7) is 11.5. The lowest BCUT2D eigenvalue weighted by Crippen LogP contribution is -2.44. The standard InChI is InChI=1S/C38H48N6O4/c1-21(2)33(45)37(47)43-23(5)7-17-31(43)35-39-19-29(41-35)27-13-9-25(10-14-27)26-11-15-28(16-12-26)30-20-40-36(42-30)32-18-8-24(6)44(32)38(48)34(46)22(3)4/h9-16,19-24,31-34,45-46H,7-8,17-18H2,1-6H3,(H,39,41)(H,40,42)/t23-,24-,31-,32-,33+,34+/m0/s1. The summed E-state index contributed by atoms with van der Waals surface area (Å²) in [6, 6.07) is 16.3. The van der Waals surface area contributed by atoms with Crippen molar-refractivity contribution in [1.29, 1.82) is 0 Å². The normalized spacial score (nSPS) is 22.5. The van der Waals surface area contributed by atoms with Crippen LogP contribution in [0.25, 0.3) is 33.6 Å². The second kappa shape index (κ2) is 13.7. The number of carbonyl (C=O) groups is 2. The lowest BCUT2D eigenvalue weighted by Gasteiger charge is -2.30. The maximum absolute atomic E-state index is 13.1. The van der Waals surface area contributed by atoms with Crippen LogP contribution in [0.5, 0.6) is 0 Å². The van der Waals surface area contributed by atoms with Gasteiger partial charge < -0.3 is 30.0 Å². The van der Waals surface area contributed by atoms with Crippen LogP contribution in [0.15, 0.2) is 60.9 Å².